The average molecular weight is 361 g/mol. The van der Waals surface area contributed by atoms with E-state index in [1.54, 1.807) is 18.4 Å². The van der Waals surface area contributed by atoms with Gasteiger partial charge in [-0.05, 0) is 32.9 Å². The van der Waals surface area contributed by atoms with Crippen LogP contribution in [0.5, 0.6) is 0 Å². The molecule has 2 N–H and O–H groups in total. The smallest absolute Gasteiger partial charge is 0.191 e. The van der Waals surface area contributed by atoms with Gasteiger partial charge in [-0.15, -0.1) is 11.3 Å². The molecule has 0 saturated carbocycles. The molecule has 0 spiro atoms. The van der Waals surface area contributed by atoms with Gasteiger partial charge in [0, 0.05) is 39.8 Å². The van der Waals surface area contributed by atoms with E-state index >= 15 is 0 Å². The molecule has 2 heterocycles. The molecule has 1 aromatic heterocycles. The van der Waals surface area contributed by atoms with Crippen molar-refractivity contribution in [2.45, 2.75) is 6.54 Å². The van der Waals surface area contributed by atoms with Crippen molar-refractivity contribution in [1.29, 1.82) is 0 Å². The van der Waals surface area contributed by atoms with E-state index < -0.39 is 0 Å². The minimum absolute atomic E-state index is 0.779. The van der Waals surface area contributed by atoms with Crippen LogP contribution in [0.25, 0.3) is 0 Å². The first kappa shape index (κ1) is 15.8. The molecular formula is C13H21BrN4OS. The van der Waals surface area contributed by atoms with Gasteiger partial charge < -0.3 is 15.4 Å². The maximum atomic E-state index is 5.34. The first-order valence-electron chi connectivity index (χ1n) is 6.76. The Hall–Kier alpha value is -0.630. The van der Waals surface area contributed by atoms with Gasteiger partial charge in [-0.3, -0.25) is 9.89 Å². The summed E-state index contributed by atoms with van der Waals surface area (Å²) in [5, 5.41) is 8.74. The van der Waals surface area contributed by atoms with Gasteiger partial charge in [0.25, 0.3) is 0 Å². The second kappa shape index (κ2) is 8.61. The van der Waals surface area contributed by atoms with Crippen molar-refractivity contribution in [3.8, 4) is 0 Å². The molecule has 20 heavy (non-hydrogen) atoms. The van der Waals surface area contributed by atoms with Crippen LogP contribution in [0.2, 0.25) is 0 Å². The predicted molar refractivity (Wildman–Crippen MR) is 87.5 cm³/mol. The highest BCUT2D eigenvalue weighted by molar-refractivity contribution is 9.11. The largest absolute Gasteiger partial charge is 0.379 e. The van der Waals surface area contributed by atoms with E-state index in [9.17, 15) is 0 Å². The fraction of sp³-hybridized carbons (Fsp3) is 0.615. The molecule has 0 atom stereocenters. The van der Waals surface area contributed by atoms with Crippen LogP contribution in [0, 0.1) is 0 Å². The van der Waals surface area contributed by atoms with Crippen molar-refractivity contribution in [3.63, 3.8) is 0 Å². The molecule has 0 amide bonds. The van der Waals surface area contributed by atoms with Gasteiger partial charge in [-0.1, -0.05) is 0 Å². The van der Waals surface area contributed by atoms with Gasteiger partial charge in [-0.2, -0.15) is 0 Å². The van der Waals surface area contributed by atoms with E-state index in [1.807, 2.05) is 0 Å². The van der Waals surface area contributed by atoms with Gasteiger partial charge >= 0.3 is 0 Å². The summed E-state index contributed by atoms with van der Waals surface area (Å²) in [6.07, 6.45) is 0. The molecule has 112 valence electrons. The highest BCUT2D eigenvalue weighted by Gasteiger charge is 2.09. The lowest BCUT2D eigenvalue weighted by atomic mass is 10.3. The summed E-state index contributed by atoms with van der Waals surface area (Å²) in [6, 6.07) is 2.11. The van der Waals surface area contributed by atoms with E-state index in [1.165, 1.54) is 9.35 Å². The monoisotopic (exact) mass is 360 g/mol. The van der Waals surface area contributed by atoms with Crippen molar-refractivity contribution in [2.75, 3.05) is 46.4 Å². The number of ether oxygens (including phenoxy) is 1. The molecule has 1 aromatic rings. The van der Waals surface area contributed by atoms with Crippen molar-refractivity contribution in [3.05, 3.63) is 20.8 Å². The summed E-state index contributed by atoms with van der Waals surface area (Å²) in [6.45, 7) is 6.43. The van der Waals surface area contributed by atoms with Crippen LogP contribution in [0.3, 0.4) is 0 Å². The molecule has 0 bridgehead atoms. The number of halogens is 1. The Morgan fingerprint density at radius 3 is 2.90 bits per heavy atom. The molecule has 1 aliphatic rings. The number of guanidine groups is 1. The number of thiophene rings is 1. The highest BCUT2D eigenvalue weighted by atomic mass is 79.9. The van der Waals surface area contributed by atoms with Crippen molar-refractivity contribution < 1.29 is 4.74 Å². The zero-order valence-corrected chi connectivity index (χ0v) is 14.1. The fourth-order valence-electron chi connectivity index (χ4n) is 2.00. The molecule has 1 aliphatic heterocycles. The summed E-state index contributed by atoms with van der Waals surface area (Å²) >= 11 is 5.24. The number of rotatable bonds is 5. The van der Waals surface area contributed by atoms with E-state index in [0.717, 1.165) is 51.9 Å². The van der Waals surface area contributed by atoms with Gasteiger partial charge in [0.15, 0.2) is 5.96 Å². The van der Waals surface area contributed by atoms with Crippen molar-refractivity contribution >= 4 is 33.2 Å². The Balaban J connectivity index is 1.66. The van der Waals surface area contributed by atoms with Gasteiger partial charge in [0.05, 0.1) is 17.0 Å². The zero-order chi connectivity index (χ0) is 14.2. The van der Waals surface area contributed by atoms with Crippen LogP contribution >= 0.6 is 27.3 Å². The Kier molecular flexibility index (Phi) is 6.78. The number of nitrogens with one attached hydrogen (secondary N) is 2. The SMILES string of the molecule is CN=C(NCCN1CCOCC1)NCc1ccsc1Br. The fourth-order valence-corrected chi connectivity index (χ4v) is 3.24. The Labute approximate surface area is 132 Å². The lowest BCUT2D eigenvalue weighted by molar-refractivity contribution is 0.0389. The second-order valence-electron chi connectivity index (χ2n) is 4.53. The quantitative estimate of drug-likeness (QED) is 0.617. The van der Waals surface area contributed by atoms with Crippen LogP contribution in [-0.2, 0) is 11.3 Å². The molecule has 1 saturated heterocycles. The first-order chi connectivity index (χ1) is 9.79. The van der Waals surface area contributed by atoms with Crippen molar-refractivity contribution in [1.82, 2.24) is 15.5 Å². The summed E-state index contributed by atoms with van der Waals surface area (Å²) in [4.78, 5) is 6.64. The number of morpholine rings is 1. The first-order valence-corrected chi connectivity index (χ1v) is 8.43. The maximum absolute atomic E-state index is 5.34. The normalized spacial score (nSPS) is 17.2. The van der Waals surface area contributed by atoms with Crippen LogP contribution in [0.15, 0.2) is 20.2 Å². The number of hydrogen-bond donors (Lipinski definition) is 2. The number of hydrogen-bond acceptors (Lipinski definition) is 4. The minimum atomic E-state index is 0.779. The third-order valence-electron chi connectivity index (χ3n) is 3.19. The van der Waals surface area contributed by atoms with Gasteiger partial charge in [0.1, 0.15) is 0 Å². The maximum Gasteiger partial charge on any atom is 0.191 e. The van der Waals surface area contributed by atoms with E-state index in [0.29, 0.717) is 0 Å². The number of aliphatic imine (C=N–C) groups is 1. The molecule has 1 fully saturated rings. The third kappa shape index (κ3) is 5.05. The predicted octanol–water partition coefficient (Wildman–Crippen LogP) is 1.51. The van der Waals surface area contributed by atoms with Crippen LogP contribution in [-0.4, -0.2) is 57.3 Å². The van der Waals surface area contributed by atoms with E-state index in [-0.39, 0.29) is 0 Å². The molecule has 0 aromatic carbocycles. The lowest BCUT2D eigenvalue weighted by Gasteiger charge is -2.26. The number of nitrogens with zero attached hydrogens (tertiary/aromatic N) is 2. The summed E-state index contributed by atoms with van der Waals surface area (Å²) in [5.41, 5.74) is 1.26. The third-order valence-corrected chi connectivity index (χ3v) is 5.00. The Morgan fingerprint density at radius 2 is 2.25 bits per heavy atom. The van der Waals surface area contributed by atoms with Crippen molar-refractivity contribution in [2.24, 2.45) is 4.99 Å². The van der Waals surface area contributed by atoms with Gasteiger partial charge in [-0.25, -0.2) is 0 Å². The van der Waals surface area contributed by atoms with Crippen LogP contribution < -0.4 is 10.6 Å². The molecule has 0 radical (unpaired) electrons. The zero-order valence-electron chi connectivity index (χ0n) is 11.7. The average Bonchev–Trinajstić information content (AvgIpc) is 2.89. The van der Waals surface area contributed by atoms with Crippen LogP contribution in [0.1, 0.15) is 5.56 Å². The summed E-state index contributed by atoms with van der Waals surface area (Å²) in [7, 11) is 1.80. The molecule has 0 aliphatic carbocycles. The topological polar surface area (TPSA) is 48.9 Å². The van der Waals surface area contributed by atoms with E-state index in [2.05, 4.69) is 47.9 Å². The Bertz CT molecular complexity index is 432. The van der Waals surface area contributed by atoms with Crippen LogP contribution in [0.4, 0.5) is 0 Å². The standard InChI is InChI=1S/C13H21BrN4OS/c1-15-13(17-10-11-2-9-20-12(11)14)16-3-4-18-5-7-19-8-6-18/h2,9H,3-8,10H2,1H3,(H2,15,16,17). The summed E-state index contributed by atoms with van der Waals surface area (Å²) in [5.74, 6) is 0.844. The molecule has 2 rings (SSSR count). The molecular weight excluding hydrogens is 340 g/mol. The van der Waals surface area contributed by atoms with Gasteiger partial charge in [0.2, 0.25) is 0 Å². The molecule has 7 heteroatoms. The molecule has 0 unspecified atom stereocenters. The Morgan fingerprint density at radius 1 is 1.45 bits per heavy atom. The second-order valence-corrected chi connectivity index (χ2v) is 6.76. The summed E-state index contributed by atoms with van der Waals surface area (Å²) < 4.78 is 6.51. The highest BCUT2D eigenvalue weighted by Crippen LogP contribution is 2.22. The minimum Gasteiger partial charge on any atom is -0.379 e. The molecule has 5 nitrogen and oxygen atoms in total. The lowest BCUT2D eigenvalue weighted by Crippen LogP contribution is -2.44. The van der Waals surface area contributed by atoms with E-state index in [4.69, 9.17) is 4.74 Å².